The number of thiazole rings is 1. The predicted octanol–water partition coefficient (Wildman–Crippen LogP) is 6.34. The Bertz CT molecular complexity index is 1640. The molecule has 0 bridgehead atoms. The van der Waals surface area contributed by atoms with Crippen molar-refractivity contribution in [3.05, 3.63) is 88.5 Å². The van der Waals surface area contributed by atoms with E-state index in [0.29, 0.717) is 35.0 Å². The number of aromatic nitrogens is 1. The average Bonchev–Trinajstić information content (AvgIpc) is 3.59. The third kappa shape index (κ3) is 4.44. The van der Waals surface area contributed by atoms with Crippen LogP contribution in [0.4, 0.5) is 5.13 Å². The zero-order chi connectivity index (χ0) is 27.3. The van der Waals surface area contributed by atoms with Crippen LogP contribution in [0.2, 0.25) is 0 Å². The number of ketones is 1. The molecule has 0 unspecified atom stereocenters. The molecule has 0 saturated carbocycles. The van der Waals surface area contributed by atoms with Crippen molar-refractivity contribution < 1.29 is 24.2 Å². The Morgan fingerprint density at radius 2 is 1.92 bits per heavy atom. The normalized spacial score (nSPS) is 19.9. The fraction of sp³-hybridized carbons (Fsp3) is 0.258. The first kappa shape index (κ1) is 25.1. The minimum Gasteiger partial charge on any atom is -0.507 e. The van der Waals surface area contributed by atoms with Gasteiger partial charge in [0.25, 0.3) is 5.78 Å². The van der Waals surface area contributed by atoms with Gasteiger partial charge in [0.2, 0.25) is 0 Å². The van der Waals surface area contributed by atoms with Crippen molar-refractivity contribution in [2.45, 2.75) is 45.8 Å². The van der Waals surface area contributed by atoms with Gasteiger partial charge in [-0.2, -0.15) is 0 Å². The summed E-state index contributed by atoms with van der Waals surface area (Å²) in [5, 5.41) is 12.0. The second-order valence-corrected chi connectivity index (χ2v) is 11.0. The Morgan fingerprint density at radius 3 is 2.69 bits per heavy atom. The van der Waals surface area contributed by atoms with E-state index >= 15 is 0 Å². The SMILES string of the molecule is CCCOc1ccc([C@@H]2/C(=C(\O)c3ccc4c(c3)C[C@@H](C)O4)C(=O)C(=O)N2c2nc3ccc(C)cc3s2)cc1. The van der Waals surface area contributed by atoms with Gasteiger partial charge in [-0.05, 0) is 79.4 Å². The maximum Gasteiger partial charge on any atom is 0.301 e. The molecule has 1 fully saturated rings. The van der Waals surface area contributed by atoms with Gasteiger partial charge in [-0.25, -0.2) is 4.98 Å². The van der Waals surface area contributed by atoms with Crippen molar-refractivity contribution in [3.63, 3.8) is 0 Å². The third-order valence-corrected chi connectivity index (χ3v) is 8.04. The van der Waals surface area contributed by atoms with Crippen LogP contribution in [0.15, 0.2) is 66.2 Å². The summed E-state index contributed by atoms with van der Waals surface area (Å²) in [5.41, 5.74) is 3.96. The first-order valence-electron chi connectivity index (χ1n) is 13.0. The molecule has 6 rings (SSSR count). The van der Waals surface area contributed by atoms with Gasteiger partial charge < -0.3 is 14.6 Å². The number of aryl methyl sites for hydroxylation is 1. The lowest BCUT2D eigenvalue weighted by atomic mass is 9.94. The molecule has 3 heterocycles. The fourth-order valence-electron chi connectivity index (χ4n) is 5.16. The third-order valence-electron chi connectivity index (χ3n) is 7.02. The number of ether oxygens (including phenoxy) is 2. The number of hydrogen-bond acceptors (Lipinski definition) is 7. The Hall–Kier alpha value is -4.17. The van der Waals surface area contributed by atoms with Gasteiger partial charge in [0.1, 0.15) is 23.4 Å². The number of amides is 1. The van der Waals surface area contributed by atoms with Crippen molar-refractivity contribution >= 4 is 44.1 Å². The van der Waals surface area contributed by atoms with E-state index in [0.717, 1.165) is 33.5 Å². The van der Waals surface area contributed by atoms with E-state index in [1.165, 1.54) is 16.2 Å². The van der Waals surface area contributed by atoms with Crippen LogP contribution in [-0.2, 0) is 16.0 Å². The molecule has 2 atom stereocenters. The summed E-state index contributed by atoms with van der Waals surface area (Å²) >= 11 is 1.35. The number of benzene rings is 3. The zero-order valence-corrected chi connectivity index (χ0v) is 22.7. The maximum absolute atomic E-state index is 13.6. The highest BCUT2D eigenvalue weighted by Crippen LogP contribution is 2.45. The predicted molar refractivity (Wildman–Crippen MR) is 152 cm³/mol. The highest BCUT2D eigenvalue weighted by atomic mass is 32.1. The van der Waals surface area contributed by atoms with E-state index < -0.39 is 17.7 Å². The molecule has 1 amide bonds. The van der Waals surface area contributed by atoms with Gasteiger partial charge in [0.05, 0.1) is 28.4 Å². The van der Waals surface area contributed by atoms with E-state index in [4.69, 9.17) is 14.5 Å². The number of fused-ring (bicyclic) bond motifs is 2. The van der Waals surface area contributed by atoms with Crippen molar-refractivity contribution in [1.82, 2.24) is 4.98 Å². The molecule has 0 spiro atoms. The summed E-state index contributed by atoms with van der Waals surface area (Å²) in [6.45, 7) is 6.60. The smallest absolute Gasteiger partial charge is 0.301 e. The van der Waals surface area contributed by atoms with Crippen molar-refractivity contribution in [3.8, 4) is 11.5 Å². The van der Waals surface area contributed by atoms with Crippen LogP contribution in [0.25, 0.3) is 16.0 Å². The highest BCUT2D eigenvalue weighted by molar-refractivity contribution is 7.22. The van der Waals surface area contributed by atoms with Crippen molar-refractivity contribution in [2.75, 3.05) is 11.5 Å². The molecule has 2 aliphatic rings. The minimum atomic E-state index is -0.852. The summed E-state index contributed by atoms with van der Waals surface area (Å²) < 4.78 is 12.5. The number of nitrogens with zero attached hydrogens (tertiary/aromatic N) is 2. The summed E-state index contributed by atoms with van der Waals surface area (Å²) in [6.07, 6.45) is 1.63. The molecular formula is C31H28N2O5S. The molecule has 1 saturated heterocycles. The lowest BCUT2D eigenvalue weighted by Gasteiger charge is -2.23. The van der Waals surface area contributed by atoms with E-state index in [1.54, 1.807) is 12.1 Å². The quantitative estimate of drug-likeness (QED) is 0.174. The van der Waals surface area contributed by atoms with Crippen LogP contribution in [0.3, 0.4) is 0 Å². The molecule has 198 valence electrons. The summed E-state index contributed by atoms with van der Waals surface area (Å²) in [5.74, 6) is -0.221. The van der Waals surface area contributed by atoms with Crippen molar-refractivity contribution in [2.24, 2.45) is 0 Å². The second-order valence-electron chi connectivity index (χ2n) is 10.0. The van der Waals surface area contributed by atoms with Crippen molar-refractivity contribution in [1.29, 1.82) is 0 Å². The number of aliphatic hydroxyl groups is 1. The molecule has 4 aromatic rings. The van der Waals surface area contributed by atoms with Gasteiger partial charge >= 0.3 is 5.91 Å². The van der Waals surface area contributed by atoms with Gasteiger partial charge in [0.15, 0.2) is 5.13 Å². The molecule has 1 aromatic heterocycles. The number of carbonyl (C=O) groups excluding carboxylic acids is 2. The molecule has 0 radical (unpaired) electrons. The zero-order valence-electron chi connectivity index (χ0n) is 21.9. The van der Waals surface area contributed by atoms with Crippen LogP contribution in [0, 0.1) is 6.92 Å². The maximum atomic E-state index is 13.6. The topological polar surface area (TPSA) is 89.0 Å². The van der Waals surface area contributed by atoms with Crippen LogP contribution in [0.5, 0.6) is 11.5 Å². The highest BCUT2D eigenvalue weighted by Gasteiger charge is 2.48. The van der Waals surface area contributed by atoms with Gasteiger partial charge in [-0.1, -0.05) is 36.5 Å². The lowest BCUT2D eigenvalue weighted by Crippen LogP contribution is -2.29. The summed E-state index contributed by atoms with van der Waals surface area (Å²) in [4.78, 5) is 33.3. The number of rotatable bonds is 6. The fourth-order valence-corrected chi connectivity index (χ4v) is 6.25. The Morgan fingerprint density at radius 1 is 1.13 bits per heavy atom. The van der Waals surface area contributed by atoms with E-state index in [9.17, 15) is 14.7 Å². The first-order valence-corrected chi connectivity index (χ1v) is 13.9. The average molecular weight is 541 g/mol. The number of anilines is 1. The Kier molecular flexibility index (Phi) is 6.35. The number of carbonyl (C=O) groups is 2. The first-order chi connectivity index (χ1) is 18.8. The van der Waals surface area contributed by atoms with Crippen LogP contribution < -0.4 is 14.4 Å². The monoisotopic (exact) mass is 540 g/mol. The molecule has 39 heavy (non-hydrogen) atoms. The molecule has 2 aliphatic heterocycles. The van der Waals surface area contributed by atoms with Crippen LogP contribution >= 0.6 is 11.3 Å². The van der Waals surface area contributed by atoms with Gasteiger partial charge in [0, 0.05) is 12.0 Å². The largest absolute Gasteiger partial charge is 0.507 e. The summed E-state index contributed by atoms with van der Waals surface area (Å²) in [7, 11) is 0. The second kappa shape index (κ2) is 9.85. The number of aliphatic hydroxyl groups excluding tert-OH is 1. The molecular weight excluding hydrogens is 512 g/mol. The summed E-state index contributed by atoms with van der Waals surface area (Å²) in [6, 6.07) is 17.7. The van der Waals surface area contributed by atoms with Gasteiger partial charge in [-0.15, -0.1) is 0 Å². The molecule has 3 aromatic carbocycles. The van der Waals surface area contributed by atoms with E-state index in [1.807, 2.05) is 69.3 Å². The van der Waals surface area contributed by atoms with E-state index in [2.05, 4.69) is 0 Å². The molecule has 1 N–H and O–H groups in total. The Balaban J connectivity index is 1.49. The molecule has 0 aliphatic carbocycles. The van der Waals surface area contributed by atoms with Crippen LogP contribution in [0.1, 0.15) is 48.6 Å². The standard InChI is InChI=1S/C31H28N2O5S/c1-4-13-37-22-9-6-19(7-10-22)27-26(28(34)20-8-12-24-21(16-20)15-18(3)38-24)29(35)30(36)33(27)31-32-23-11-5-17(2)14-25(23)39-31/h5-12,14,16,18,27,34H,4,13,15H2,1-3H3/b28-26+/t18-,27-/m1/s1. The number of Topliss-reactive ketones (excluding diaryl/α,β-unsaturated/α-hetero) is 1. The minimum absolute atomic E-state index is 0.0320. The van der Waals surface area contributed by atoms with Gasteiger partial charge in [-0.3, -0.25) is 14.5 Å². The molecule has 8 heteroatoms. The Labute approximate surface area is 230 Å². The molecule has 7 nitrogen and oxygen atoms in total. The van der Waals surface area contributed by atoms with E-state index in [-0.39, 0.29) is 17.4 Å². The lowest BCUT2D eigenvalue weighted by molar-refractivity contribution is -0.132. The number of hydrogen-bond donors (Lipinski definition) is 1. The van der Waals surface area contributed by atoms with Crippen LogP contribution in [-0.4, -0.2) is 34.5 Å².